The van der Waals surface area contributed by atoms with Crippen molar-refractivity contribution in [1.29, 1.82) is 0 Å². The van der Waals surface area contributed by atoms with Crippen LogP contribution in [0.3, 0.4) is 0 Å². The normalized spacial score (nSPS) is 32.4. The fraction of sp³-hybridized carbons (Fsp3) is 0.490. The lowest BCUT2D eigenvalue weighted by Crippen LogP contribution is -2.81. The molecule has 0 aromatic heterocycles. The number of carbonyl (C=O) groups is 6. The first-order valence-electron chi connectivity index (χ1n) is 22.2. The molecule has 13 heteroatoms. The maximum Gasteiger partial charge on any atom is 0.338 e. The molecule has 338 valence electrons. The average molecular weight is 876 g/mol. The SMILES string of the molecule is CC(=O)O[C@H]1C(=O)[C@@]2(C)C([C@H](OC(=O)c3ccccc3)[C@]3(O)C[C@H](OC(=O)[C@H](C)[C@@H](NC(=O)c4ccccc4)c4ccccc4)C(C)=C1C3(C)C)[C@]1(OC(=O)C3CC3)CO[C@@H]1C[C@@H]2C. The predicted octanol–water partition coefficient (Wildman–Crippen LogP) is 6.68. The fourth-order valence-electron chi connectivity index (χ4n) is 11.0. The number of fused-ring (bicyclic) bond motifs is 5. The Labute approximate surface area is 373 Å². The number of esters is 4. The molecule has 2 N–H and O–H groups in total. The van der Waals surface area contributed by atoms with Gasteiger partial charge in [0.1, 0.15) is 23.9 Å². The number of ether oxygens (including phenoxy) is 5. The van der Waals surface area contributed by atoms with E-state index in [9.17, 15) is 29.1 Å². The summed E-state index contributed by atoms with van der Waals surface area (Å²) in [5.74, 6) is -6.82. The lowest BCUT2D eigenvalue weighted by atomic mass is 9.43. The fourth-order valence-corrected chi connectivity index (χ4v) is 11.0. The summed E-state index contributed by atoms with van der Waals surface area (Å²) in [7, 11) is 0. The molecular weight excluding hydrogens is 819 g/mol. The van der Waals surface area contributed by atoms with Crippen molar-refractivity contribution in [3.8, 4) is 0 Å². The van der Waals surface area contributed by atoms with Crippen LogP contribution in [0.4, 0.5) is 0 Å². The van der Waals surface area contributed by atoms with Gasteiger partial charge in [-0.3, -0.25) is 24.0 Å². The summed E-state index contributed by atoms with van der Waals surface area (Å²) >= 11 is 0. The zero-order valence-corrected chi connectivity index (χ0v) is 37.3. The van der Waals surface area contributed by atoms with E-state index in [2.05, 4.69) is 5.32 Å². The van der Waals surface area contributed by atoms with E-state index in [1.54, 1.807) is 120 Å². The molecule has 3 aromatic carbocycles. The first kappa shape index (κ1) is 44.9. The molecule has 13 nitrogen and oxygen atoms in total. The largest absolute Gasteiger partial charge is 0.457 e. The van der Waals surface area contributed by atoms with Gasteiger partial charge in [-0.1, -0.05) is 94.4 Å². The summed E-state index contributed by atoms with van der Waals surface area (Å²) in [5.41, 5.74) is -5.03. The third kappa shape index (κ3) is 7.43. The van der Waals surface area contributed by atoms with Gasteiger partial charge in [0.15, 0.2) is 17.5 Å². The van der Waals surface area contributed by atoms with Crippen molar-refractivity contribution in [3.05, 3.63) is 119 Å². The molecule has 0 radical (unpaired) electrons. The van der Waals surface area contributed by atoms with E-state index in [1.807, 2.05) is 13.0 Å². The van der Waals surface area contributed by atoms with Crippen LogP contribution in [-0.2, 0) is 42.9 Å². The van der Waals surface area contributed by atoms with Crippen LogP contribution in [0, 0.1) is 34.5 Å². The van der Waals surface area contributed by atoms with Crippen LogP contribution < -0.4 is 5.32 Å². The van der Waals surface area contributed by atoms with Gasteiger partial charge in [0.2, 0.25) is 0 Å². The van der Waals surface area contributed by atoms with Crippen LogP contribution in [0.1, 0.15) is 106 Å². The number of ketones is 1. The zero-order chi connectivity index (χ0) is 45.9. The van der Waals surface area contributed by atoms with Crippen LogP contribution >= 0.6 is 0 Å². The van der Waals surface area contributed by atoms with Gasteiger partial charge in [-0.15, -0.1) is 0 Å². The minimum Gasteiger partial charge on any atom is -0.457 e. The van der Waals surface area contributed by atoms with E-state index in [0.717, 1.165) is 0 Å². The number of amides is 1. The topological polar surface area (TPSA) is 181 Å². The summed E-state index contributed by atoms with van der Waals surface area (Å²) in [5, 5.41) is 17.0. The van der Waals surface area contributed by atoms with Crippen LogP contribution in [0.5, 0.6) is 0 Å². The Balaban J connectivity index is 1.27. The van der Waals surface area contributed by atoms with Crippen LogP contribution in [0.2, 0.25) is 0 Å². The summed E-state index contributed by atoms with van der Waals surface area (Å²) < 4.78 is 31.8. The van der Waals surface area contributed by atoms with Gasteiger partial charge in [0.25, 0.3) is 5.91 Å². The third-order valence-electron chi connectivity index (χ3n) is 15.1. The van der Waals surface area contributed by atoms with Gasteiger partial charge in [0.05, 0.1) is 36.0 Å². The van der Waals surface area contributed by atoms with Gasteiger partial charge >= 0.3 is 23.9 Å². The van der Waals surface area contributed by atoms with Crippen molar-refractivity contribution in [2.75, 3.05) is 6.61 Å². The Hall–Kier alpha value is -5.66. The smallest absolute Gasteiger partial charge is 0.338 e. The highest BCUT2D eigenvalue weighted by Crippen LogP contribution is 2.66. The van der Waals surface area contributed by atoms with Crippen LogP contribution in [0.25, 0.3) is 0 Å². The average Bonchev–Trinajstić information content (AvgIpc) is 4.13. The molecule has 3 saturated carbocycles. The molecule has 0 spiro atoms. The Kier molecular flexibility index (Phi) is 11.7. The molecule has 2 bridgehead atoms. The third-order valence-corrected chi connectivity index (χ3v) is 15.1. The second-order valence-electron chi connectivity index (χ2n) is 19.2. The zero-order valence-electron chi connectivity index (χ0n) is 37.3. The highest BCUT2D eigenvalue weighted by atomic mass is 16.6. The number of Topliss-reactive ketones (excluding diaryl/α,β-unsaturated/α-hetero) is 1. The summed E-state index contributed by atoms with van der Waals surface area (Å²) in [6.45, 7) is 11.3. The van der Waals surface area contributed by atoms with E-state index in [-0.39, 0.29) is 36.5 Å². The molecule has 8 rings (SSSR count). The maximum atomic E-state index is 15.8. The number of benzene rings is 3. The molecule has 64 heavy (non-hydrogen) atoms. The molecule has 5 aliphatic rings. The number of rotatable bonds is 11. The first-order chi connectivity index (χ1) is 30.3. The highest BCUT2D eigenvalue weighted by Gasteiger charge is 2.78. The van der Waals surface area contributed by atoms with Gasteiger partial charge in [-0.05, 0) is 80.0 Å². The lowest BCUT2D eigenvalue weighted by molar-refractivity contribution is -0.341. The van der Waals surface area contributed by atoms with Gasteiger partial charge in [-0.25, -0.2) is 4.79 Å². The Morgan fingerprint density at radius 2 is 1.44 bits per heavy atom. The summed E-state index contributed by atoms with van der Waals surface area (Å²) in [6.07, 6.45) is -3.95. The quantitative estimate of drug-likeness (QED) is 0.119. The monoisotopic (exact) mass is 875 g/mol. The minimum absolute atomic E-state index is 0.141. The van der Waals surface area contributed by atoms with Crippen molar-refractivity contribution in [1.82, 2.24) is 5.32 Å². The van der Waals surface area contributed by atoms with Crippen molar-refractivity contribution >= 4 is 35.6 Å². The minimum atomic E-state index is -2.19. The molecule has 1 amide bonds. The summed E-state index contributed by atoms with van der Waals surface area (Å²) in [4.78, 5) is 85.6. The maximum absolute atomic E-state index is 15.8. The van der Waals surface area contributed by atoms with E-state index < -0.39 is 106 Å². The lowest BCUT2D eigenvalue weighted by Gasteiger charge is -2.68. The van der Waals surface area contributed by atoms with E-state index in [1.165, 1.54) is 6.92 Å². The molecule has 1 saturated heterocycles. The van der Waals surface area contributed by atoms with Gasteiger partial charge in [0, 0.05) is 29.7 Å². The van der Waals surface area contributed by atoms with Crippen molar-refractivity contribution in [2.45, 2.75) is 116 Å². The van der Waals surface area contributed by atoms with Crippen molar-refractivity contribution < 1.29 is 57.6 Å². The number of nitrogens with one attached hydrogen (secondary N) is 1. The molecule has 11 atom stereocenters. The van der Waals surface area contributed by atoms with Gasteiger partial charge in [-0.2, -0.15) is 0 Å². The highest BCUT2D eigenvalue weighted by molar-refractivity contribution is 5.96. The molecule has 3 aromatic rings. The Bertz CT molecular complexity index is 2360. The molecule has 1 unspecified atom stereocenters. The second-order valence-corrected chi connectivity index (χ2v) is 19.2. The number of carbonyl (C=O) groups excluding carboxylic acids is 6. The number of hydrogen-bond donors (Lipinski definition) is 2. The summed E-state index contributed by atoms with van der Waals surface area (Å²) in [6, 6.07) is 25.0. The first-order valence-corrected chi connectivity index (χ1v) is 22.2. The molecule has 1 aliphatic heterocycles. The standard InChI is InChI=1S/C51H57NO12/c1-28-25-37-50(27-60-37,64-47(58)35-23-24-35)41-43(63-46(57)34-21-15-10-16-22-34)51(59)26-36(29(2)38(48(51,5)6)40(61-31(4)53)42(54)49(28,41)7)62-45(56)30(3)39(32-17-11-8-12-18-32)52-44(55)33-19-13-9-14-20-33/h8-22,28,30,35-37,39-41,43,59H,23-27H2,1-7H3,(H,52,55)/t28-,30+,36-,37+,39+,40+,41?,43-,49+,50-,51+/m0/s1. The molecule has 4 fully saturated rings. The van der Waals surface area contributed by atoms with E-state index in [0.29, 0.717) is 29.5 Å². The van der Waals surface area contributed by atoms with E-state index >= 15 is 4.79 Å². The number of aliphatic hydroxyl groups is 1. The Morgan fingerprint density at radius 3 is 2.00 bits per heavy atom. The second kappa shape index (κ2) is 16.7. The predicted molar refractivity (Wildman–Crippen MR) is 231 cm³/mol. The van der Waals surface area contributed by atoms with Crippen molar-refractivity contribution in [3.63, 3.8) is 0 Å². The molecule has 4 aliphatic carbocycles. The molecule has 1 heterocycles. The Morgan fingerprint density at radius 1 is 0.844 bits per heavy atom. The molecular formula is C51H57NO12. The van der Waals surface area contributed by atoms with Crippen LogP contribution in [0.15, 0.2) is 102 Å². The van der Waals surface area contributed by atoms with Crippen molar-refractivity contribution in [2.24, 2.45) is 34.5 Å². The van der Waals surface area contributed by atoms with E-state index in [4.69, 9.17) is 23.7 Å². The van der Waals surface area contributed by atoms with Crippen LogP contribution in [-0.4, -0.2) is 82.9 Å². The number of hydrogen-bond acceptors (Lipinski definition) is 12. The van der Waals surface area contributed by atoms with Gasteiger partial charge < -0.3 is 34.1 Å².